The zero-order valence-electron chi connectivity index (χ0n) is 17.3. The van der Waals surface area contributed by atoms with Gasteiger partial charge in [-0.05, 0) is 55.7 Å². The Hall–Kier alpha value is -3.22. The van der Waals surface area contributed by atoms with E-state index < -0.39 is 6.10 Å². The molecule has 7 nitrogen and oxygen atoms in total. The van der Waals surface area contributed by atoms with Gasteiger partial charge in [0.05, 0.1) is 18.8 Å². The van der Waals surface area contributed by atoms with Gasteiger partial charge in [-0.15, -0.1) is 0 Å². The Morgan fingerprint density at radius 1 is 1.00 bits per heavy atom. The van der Waals surface area contributed by atoms with Crippen LogP contribution in [0.1, 0.15) is 19.3 Å². The van der Waals surface area contributed by atoms with Crippen molar-refractivity contribution in [1.29, 1.82) is 0 Å². The molecule has 1 fully saturated rings. The van der Waals surface area contributed by atoms with Crippen molar-refractivity contribution >= 4 is 28.9 Å². The molecule has 2 heterocycles. The maximum Gasteiger partial charge on any atom is 0.265 e. The molecule has 0 aliphatic carbocycles. The molecule has 2 aromatic rings. The van der Waals surface area contributed by atoms with Crippen LogP contribution in [-0.4, -0.2) is 56.0 Å². The summed E-state index contributed by atoms with van der Waals surface area (Å²) in [6.07, 6.45) is 2.64. The van der Waals surface area contributed by atoms with Crippen LogP contribution >= 0.6 is 0 Å². The summed E-state index contributed by atoms with van der Waals surface area (Å²) < 4.78 is 6.03. The van der Waals surface area contributed by atoms with Crippen LogP contribution in [0.4, 0.5) is 17.1 Å². The van der Waals surface area contributed by atoms with Crippen LogP contribution in [-0.2, 0) is 9.59 Å². The smallest absolute Gasteiger partial charge is 0.265 e. The van der Waals surface area contributed by atoms with Crippen molar-refractivity contribution in [3.8, 4) is 5.75 Å². The van der Waals surface area contributed by atoms with Gasteiger partial charge in [-0.1, -0.05) is 12.1 Å². The summed E-state index contributed by atoms with van der Waals surface area (Å²) in [6.45, 7) is 2.07. The van der Waals surface area contributed by atoms with Crippen LogP contribution in [0.15, 0.2) is 48.5 Å². The highest BCUT2D eigenvalue weighted by atomic mass is 16.5. The molecule has 2 amide bonds. The molecule has 2 aliphatic rings. The van der Waals surface area contributed by atoms with Crippen LogP contribution < -0.4 is 20.3 Å². The molecule has 2 N–H and O–H groups in total. The van der Waals surface area contributed by atoms with Crippen LogP contribution in [0.5, 0.6) is 5.75 Å². The summed E-state index contributed by atoms with van der Waals surface area (Å²) in [4.78, 5) is 29.6. The molecule has 1 saturated heterocycles. The number of para-hydroxylation sites is 2. The maximum absolute atomic E-state index is 13.0. The van der Waals surface area contributed by atoms with Gasteiger partial charge in [0.1, 0.15) is 5.75 Å². The van der Waals surface area contributed by atoms with Crippen molar-refractivity contribution in [3.63, 3.8) is 0 Å². The van der Waals surface area contributed by atoms with E-state index in [2.05, 4.69) is 10.6 Å². The van der Waals surface area contributed by atoms with Gasteiger partial charge in [0, 0.05) is 31.5 Å². The second-order valence-electron chi connectivity index (χ2n) is 7.72. The summed E-state index contributed by atoms with van der Waals surface area (Å²) in [5.74, 6) is 0.524. The lowest BCUT2D eigenvalue weighted by atomic mass is 10.1. The number of carbonyl (C=O) groups is 2. The summed E-state index contributed by atoms with van der Waals surface area (Å²) in [7, 11) is 1.85. The number of carbonyl (C=O) groups excluding carboxylic acids is 2. The molecule has 0 radical (unpaired) electrons. The molecule has 0 aromatic heterocycles. The van der Waals surface area contributed by atoms with Crippen LogP contribution in [0.2, 0.25) is 0 Å². The van der Waals surface area contributed by atoms with Crippen molar-refractivity contribution in [2.45, 2.75) is 25.4 Å². The Morgan fingerprint density at radius 2 is 1.70 bits per heavy atom. The molecule has 1 unspecified atom stereocenters. The number of amides is 2. The van der Waals surface area contributed by atoms with Crippen molar-refractivity contribution in [1.82, 2.24) is 4.90 Å². The van der Waals surface area contributed by atoms with E-state index in [0.717, 1.165) is 43.0 Å². The molecule has 0 spiro atoms. The number of piperidine rings is 1. The zero-order chi connectivity index (χ0) is 20.9. The van der Waals surface area contributed by atoms with E-state index in [1.807, 2.05) is 65.4 Å². The topological polar surface area (TPSA) is 73.9 Å². The highest BCUT2D eigenvalue weighted by Gasteiger charge is 2.34. The summed E-state index contributed by atoms with van der Waals surface area (Å²) >= 11 is 0. The fraction of sp³-hybridized carbons (Fsp3) is 0.391. The van der Waals surface area contributed by atoms with Gasteiger partial charge in [0.15, 0.2) is 6.10 Å². The molecule has 4 rings (SSSR count). The van der Waals surface area contributed by atoms with Gasteiger partial charge < -0.3 is 25.2 Å². The van der Waals surface area contributed by atoms with Crippen LogP contribution in [0, 0.1) is 0 Å². The number of ether oxygens (including phenoxy) is 1. The summed E-state index contributed by atoms with van der Waals surface area (Å²) in [5, 5.41) is 5.99. The Bertz CT molecular complexity index is 894. The quantitative estimate of drug-likeness (QED) is 0.796. The van der Waals surface area contributed by atoms with Crippen molar-refractivity contribution < 1.29 is 14.3 Å². The number of fused-ring (bicyclic) bond motifs is 1. The minimum absolute atomic E-state index is 0.0114. The number of benzene rings is 2. The van der Waals surface area contributed by atoms with Crippen LogP contribution in [0.3, 0.4) is 0 Å². The lowest BCUT2D eigenvalue weighted by Gasteiger charge is -2.38. The second kappa shape index (κ2) is 9.07. The second-order valence-corrected chi connectivity index (χ2v) is 7.72. The molecule has 1 atom stereocenters. The van der Waals surface area contributed by atoms with E-state index in [1.165, 1.54) is 6.42 Å². The monoisotopic (exact) mass is 408 g/mol. The maximum atomic E-state index is 13.0. The highest BCUT2D eigenvalue weighted by molar-refractivity contribution is 5.95. The normalized spacial score (nSPS) is 18.2. The van der Waals surface area contributed by atoms with E-state index in [1.54, 1.807) is 0 Å². The van der Waals surface area contributed by atoms with Gasteiger partial charge >= 0.3 is 0 Å². The van der Waals surface area contributed by atoms with Crippen molar-refractivity contribution in [3.05, 3.63) is 48.5 Å². The molecule has 0 saturated carbocycles. The third-order valence-corrected chi connectivity index (χ3v) is 5.60. The molecule has 2 aromatic carbocycles. The zero-order valence-corrected chi connectivity index (χ0v) is 17.3. The highest BCUT2D eigenvalue weighted by Crippen LogP contribution is 2.33. The van der Waals surface area contributed by atoms with Crippen molar-refractivity contribution in [2.24, 2.45) is 0 Å². The third-order valence-electron chi connectivity index (χ3n) is 5.60. The van der Waals surface area contributed by atoms with Crippen LogP contribution in [0.25, 0.3) is 0 Å². The lowest BCUT2D eigenvalue weighted by Crippen LogP contribution is -2.52. The number of nitrogens with zero attached hydrogens (tertiary/aromatic N) is 2. The van der Waals surface area contributed by atoms with Gasteiger partial charge in [-0.2, -0.15) is 0 Å². The average Bonchev–Trinajstić information content (AvgIpc) is 2.79. The number of hydrogen-bond donors (Lipinski definition) is 2. The fourth-order valence-electron chi connectivity index (χ4n) is 4.00. The molecule has 0 bridgehead atoms. The SMILES string of the molecule is CNc1ccc(NC(=O)CN2CC(C(=O)N3CCCCC3)Oc3ccccc32)cc1. The number of hydrogen-bond acceptors (Lipinski definition) is 5. The first kappa shape index (κ1) is 20.1. The van der Waals surface area contributed by atoms with Gasteiger partial charge in [-0.3, -0.25) is 9.59 Å². The molecule has 30 heavy (non-hydrogen) atoms. The average molecular weight is 409 g/mol. The Morgan fingerprint density at radius 3 is 2.43 bits per heavy atom. The summed E-state index contributed by atoms with van der Waals surface area (Å²) in [6, 6.07) is 15.1. The Labute approximate surface area is 177 Å². The summed E-state index contributed by atoms with van der Waals surface area (Å²) in [5.41, 5.74) is 2.55. The lowest BCUT2D eigenvalue weighted by molar-refractivity contribution is -0.139. The van der Waals surface area contributed by atoms with E-state index in [0.29, 0.717) is 12.3 Å². The standard InChI is InChI=1S/C23H28N4O3/c1-24-17-9-11-18(12-10-17)25-22(28)16-27-15-21(23(29)26-13-5-2-6-14-26)30-20-8-4-3-7-19(20)27/h3-4,7-12,21,24H,2,5-6,13-16H2,1H3,(H,25,28). The Balaban J connectivity index is 1.46. The fourth-order valence-corrected chi connectivity index (χ4v) is 4.00. The number of rotatable bonds is 5. The first-order valence-electron chi connectivity index (χ1n) is 10.5. The first-order valence-corrected chi connectivity index (χ1v) is 10.5. The molecule has 7 heteroatoms. The number of likely N-dealkylation sites (tertiary alicyclic amines) is 1. The number of nitrogens with one attached hydrogen (secondary N) is 2. The molecule has 158 valence electrons. The predicted octanol–water partition coefficient (Wildman–Crippen LogP) is 2.95. The van der Waals surface area contributed by atoms with Gasteiger partial charge in [-0.25, -0.2) is 0 Å². The molecule has 2 aliphatic heterocycles. The minimum Gasteiger partial charge on any atom is -0.477 e. The van der Waals surface area contributed by atoms with Crippen molar-refractivity contribution in [2.75, 3.05) is 48.8 Å². The van der Waals surface area contributed by atoms with E-state index in [9.17, 15) is 9.59 Å². The van der Waals surface area contributed by atoms with E-state index in [4.69, 9.17) is 4.74 Å². The number of anilines is 3. The van der Waals surface area contributed by atoms with E-state index in [-0.39, 0.29) is 18.4 Å². The van der Waals surface area contributed by atoms with Gasteiger partial charge in [0.2, 0.25) is 5.91 Å². The third kappa shape index (κ3) is 4.50. The Kier molecular flexibility index (Phi) is 6.07. The largest absolute Gasteiger partial charge is 0.477 e. The molecular weight excluding hydrogens is 380 g/mol. The predicted molar refractivity (Wildman–Crippen MR) is 118 cm³/mol. The first-order chi connectivity index (χ1) is 14.6. The van der Waals surface area contributed by atoms with E-state index >= 15 is 0 Å². The van der Waals surface area contributed by atoms with Gasteiger partial charge in [0.25, 0.3) is 5.91 Å². The minimum atomic E-state index is -0.597. The molecular formula is C23H28N4O3.